The van der Waals surface area contributed by atoms with Crippen molar-refractivity contribution < 1.29 is 0 Å². The Labute approximate surface area is 240 Å². The second kappa shape index (κ2) is 9.38. The SMILES string of the molecule is N#Cc1ccc(-c2ccc(-c3cccc4sc5ccc(-c6ccc7ccc8cccnc8c7n6)cc5c34)cc2)cc1. The summed E-state index contributed by atoms with van der Waals surface area (Å²) in [6.07, 6.45) is 1.83. The van der Waals surface area contributed by atoms with E-state index in [1.54, 1.807) is 0 Å². The summed E-state index contributed by atoms with van der Waals surface area (Å²) in [5, 5.41) is 13.8. The number of hydrogen-bond acceptors (Lipinski definition) is 4. The van der Waals surface area contributed by atoms with E-state index in [1.165, 1.54) is 31.3 Å². The van der Waals surface area contributed by atoms with Gasteiger partial charge in [-0.3, -0.25) is 4.98 Å². The molecule has 0 amide bonds. The molecule has 0 saturated heterocycles. The molecule has 190 valence electrons. The van der Waals surface area contributed by atoms with Crippen molar-refractivity contribution in [2.24, 2.45) is 0 Å². The summed E-state index contributed by atoms with van der Waals surface area (Å²) < 4.78 is 2.53. The Hall–Kier alpha value is -5.37. The number of fused-ring (bicyclic) bond motifs is 6. The summed E-state index contributed by atoms with van der Waals surface area (Å²) in [5.41, 5.74) is 9.21. The smallest absolute Gasteiger partial charge is 0.0991 e. The maximum absolute atomic E-state index is 9.11. The Bertz CT molecular complexity index is 2310. The van der Waals surface area contributed by atoms with E-state index in [0.29, 0.717) is 5.56 Å². The molecule has 0 bridgehead atoms. The second-order valence-corrected chi connectivity index (χ2v) is 11.3. The van der Waals surface area contributed by atoms with E-state index in [0.717, 1.165) is 44.2 Å². The standard InChI is InChI=1S/C37H21N3S/c38-22-23-6-8-24(9-7-23)25-10-12-26(13-11-25)30-4-1-5-34-35(30)31-21-29(17-19-33(31)41-34)32-18-16-28-15-14-27-3-2-20-39-36(27)37(28)40-32/h1-21H. The first-order valence-electron chi connectivity index (χ1n) is 13.5. The molecule has 0 unspecified atom stereocenters. The van der Waals surface area contributed by atoms with Gasteiger partial charge in [-0.15, -0.1) is 11.3 Å². The molecule has 8 rings (SSSR count). The summed E-state index contributed by atoms with van der Waals surface area (Å²) in [6, 6.07) is 44.4. The van der Waals surface area contributed by atoms with Crippen LogP contribution >= 0.6 is 11.3 Å². The highest BCUT2D eigenvalue weighted by molar-refractivity contribution is 7.26. The van der Waals surface area contributed by atoms with E-state index >= 15 is 0 Å². The van der Waals surface area contributed by atoms with E-state index in [1.807, 2.05) is 47.9 Å². The zero-order valence-corrected chi connectivity index (χ0v) is 22.7. The molecule has 0 atom stereocenters. The van der Waals surface area contributed by atoms with Crippen LogP contribution in [-0.2, 0) is 0 Å². The van der Waals surface area contributed by atoms with Crippen LogP contribution in [0.4, 0.5) is 0 Å². The number of nitriles is 1. The van der Waals surface area contributed by atoms with Crippen LogP contribution in [0.5, 0.6) is 0 Å². The van der Waals surface area contributed by atoms with Crippen LogP contribution in [0.2, 0.25) is 0 Å². The van der Waals surface area contributed by atoms with Gasteiger partial charge < -0.3 is 0 Å². The number of hydrogen-bond donors (Lipinski definition) is 0. The summed E-state index contributed by atoms with van der Waals surface area (Å²) >= 11 is 1.83. The first kappa shape index (κ1) is 23.5. The van der Waals surface area contributed by atoms with Gasteiger partial charge in [0.05, 0.1) is 28.4 Å². The number of nitrogens with zero attached hydrogens (tertiary/aromatic N) is 3. The lowest BCUT2D eigenvalue weighted by molar-refractivity contribution is 1.37. The lowest BCUT2D eigenvalue weighted by Gasteiger charge is -2.08. The molecule has 41 heavy (non-hydrogen) atoms. The lowest BCUT2D eigenvalue weighted by atomic mass is 9.96. The molecule has 8 aromatic rings. The monoisotopic (exact) mass is 539 g/mol. The zero-order valence-electron chi connectivity index (χ0n) is 21.9. The van der Waals surface area contributed by atoms with Crippen molar-refractivity contribution in [2.45, 2.75) is 0 Å². The van der Waals surface area contributed by atoms with Crippen molar-refractivity contribution in [3.63, 3.8) is 0 Å². The Morgan fingerprint density at radius 2 is 1.29 bits per heavy atom. The predicted molar refractivity (Wildman–Crippen MR) is 171 cm³/mol. The van der Waals surface area contributed by atoms with Crippen LogP contribution in [0.25, 0.3) is 75.5 Å². The van der Waals surface area contributed by atoms with E-state index in [-0.39, 0.29) is 0 Å². The molecule has 0 spiro atoms. The molecular formula is C37H21N3S. The molecule has 3 heterocycles. The third kappa shape index (κ3) is 3.95. The van der Waals surface area contributed by atoms with Gasteiger partial charge in [-0.05, 0) is 64.7 Å². The third-order valence-corrected chi connectivity index (χ3v) is 8.90. The molecule has 0 aliphatic carbocycles. The molecule has 3 nitrogen and oxygen atoms in total. The van der Waals surface area contributed by atoms with Gasteiger partial charge in [0.25, 0.3) is 0 Å². The Balaban J connectivity index is 1.25. The Morgan fingerprint density at radius 1 is 0.585 bits per heavy atom. The number of pyridine rings is 2. The van der Waals surface area contributed by atoms with Crippen LogP contribution < -0.4 is 0 Å². The van der Waals surface area contributed by atoms with Gasteiger partial charge in [-0.2, -0.15) is 5.26 Å². The fraction of sp³-hybridized carbons (Fsp3) is 0. The minimum absolute atomic E-state index is 0.671. The maximum atomic E-state index is 9.11. The molecule has 4 heteroatoms. The maximum Gasteiger partial charge on any atom is 0.0991 e. The third-order valence-electron chi connectivity index (χ3n) is 7.77. The lowest BCUT2D eigenvalue weighted by Crippen LogP contribution is -1.88. The predicted octanol–water partition coefficient (Wildman–Crippen LogP) is 10.0. The summed E-state index contributed by atoms with van der Waals surface area (Å²) in [4.78, 5) is 9.73. The summed E-state index contributed by atoms with van der Waals surface area (Å²) in [7, 11) is 0. The van der Waals surface area contributed by atoms with Crippen molar-refractivity contribution in [3.05, 3.63) is 133 Å². The number of thiophene rings is 1. The van der Waals surface area contributed by atoms with Gasteiger partial charge in [-0.25, -0.2) is 4.98 Å². The molecule has 0 aliphatic heterocycles. The van der Waals surface area contributed by atoms with Crippen LogP contribution in [0.1, 0.15) is 5.56 Å². The van der Waals surface area contributed by atoms with Crippen molar-refractivity contribution in [2.75, 3.05) is 0 Å². The van der Waals surface area contributed by atoms with Gasteiger partial charge in [0, 0.05) is 42.7 Å². The van der Waals surface area contributed by atoms with Gasteiger partial charge in [0.15, 0.2) is 0 Å². The first-order valence-corrected chi connectivity index (χ1v) is 14.3. The van der Waals surface area contributed by atoms with E-state index in [4.69, 9.17) is 10.2 Å². The molecule has 0 saturated carbocycles. The number of benzene rings is 5. The van der Waals surface area contributed by atoms with Gasteiger partial charge in [0.2, 0.25) is 0 Å². The highest BCUT2D eigenvalue weighted by Crippen LogP contribution is 2.42. The van der Waals surface area contributed by atoms with Gasteiger partial charge >= 0.3 is 0 Å². The Kier molecular flexibility index (Phi) is 5.38. The second-order valence-electron chi connectivity index (χ2n) is 10.2. The van der Waals surface area contributed by atoms with Crippen molar-refractivity contribution in [1.29, 1.82) is 5.26 Å². The normalized spacial score (nSPS) is 11.4. The molecule has 0 radical (unpaired) electrons. The quantitative estimate of drug-likeness (QED) is 0.210. The Morgan fingerprint density at radius 3 is 2.10 bits per heavy atom. The van der Waals surface area contributed by atoms with E-state index < -0.39 is 0 Å². The molecule has 0 fully saturated rings. The van der Waals surface area contributed by atoms with Gasteiger partial charge in [-0.1, -0.05) is 78.9 Å². The fourth-order valence-corrected chi connectivity index (χ4v) is 6.80. The van der Waals surface area contributed by atoms with E-state index in [9.17, 15) is 0 Å². The number of aromatic nitrogens is 2. The fourth-order valence-electron chi connectivity index (χ4n) is 5.69. The molecule has 0 N–H and O–H groups in total. The van der Waals surface area contributed by atoms with Crippen molar-refractivity contribution in [3.8, 4) is 39.6 Å². The van der Waals surface area contributed by atoms with Crippen LogP contribution in [-0.4, -0.2) is 9.97 Å². The highest BCUT2D eigenvalue weighted by Gasteiger charge is 2.13. The first-order chi connectivity index (χ1) is 20.2. The average Bonchev–Trinajstić information content (AvgIpc) is 3.43. The average molecular weight is 540 g/mol. The van der Waals surface area contributed by atoms with Crippen LogP contribution in [0, 0.1) is 11.3 Å². The molecule has 3 aromatic heterocycles. The van der Waals surface area contributed by atoms with Gasteiger partial charge in [0.1, 0.15) is 0 Å². The van der Waals surface area contributed by atoms with Crippen LogP contribution in [0.15, 0.2) is 128 Å². The van der Waals surface area contributed by atoms with E-state index in [2.05, 4.69) is 102 Å². The number of rotatable bonds is 3. The topological polar surface area (TPSA) is 49.6 Å². The van der Waals surface area contributed by atoms with Crippen LogP contribution in [0.3, 0.4) is 0 Å². The molecule has 0 aliphatic rings. The summed E-state index contributed by atoms with van der Waals surface area (Å²) in [6.45, 7) is 0. The minimum Gasteiger partial charge on any atom is -0.254 e. The zero-order chi connectivity index (χ0) is 27.3. The molecule has 5 aromatic carbocycles. The molecular weight excluding hydrogens is 518 g/mol. The largest absolute Gasteiger partial charge is 0.254 e. The van der Waals surface area contributed by atoms with Crippen molar-refractivity contribution >= 4 is 53.3 Å². The van der Waals surface area contributed by atoms with Crippen molar-refractivity contribution in [1.82, 2.24) is 9.97 Å². The highest BCUT2D eigenvalue weighted by atomic mass is 32.1. The summed E-state index contributed by atoms with van der Waals surface area (Å²) in [5.74, 6) is 0. The minimum atomic E-state index is 0.671.